The lowest BCUT2D eigenvalue weighted by Crippen LogP contribution is -2.31. The highest BCUT2D eigenvalue weighted by atomic mass is 32.2. The number of esters is 2. The predicted molar refractivity (Wildman–Crippen MR) is 200 cm³/mol. The Balaban J connectivity index is 4.85. The molecule has 0 N–H and O–H groups in total. The molecular weight excluding hydrogens is 611 g/mol. The van der Waals surface area contributed by atoms with Gasteiger partial charge in [-0.1, -0.05) is 102 Å². The second-order valence-electron chi connectivity index (χ2n) is 12.4. The number of hydrogen-bond donors (Lipinski definition) is 0. The molecule has 0 bridgehead atoms. The van der Waals surface area contributed by atoms with Gasteiger partial charge in [0.15, 0.2) is 0 Å². The van der Waals surface area contributed by atoms with Crippen molar-refractivity contribution in [1.29, 1.82) is 0 Å². The van der Waals surface area contributed by atoms with Crippen molar-refractivity contribution in [1.82, 2.24) is 9.80 Å². The van der Waals surface area contributed by atoms with E-state index in [1.54, 1.807) is 11.1 Å². The molecule has 0 atom stereocenters. The van der Waals surface area contributed by atoms with Crippen LogP contribution in [0.5, 0.6) is 0 Å². The largest absolute Gasteiger partial charge is 0.462 e. The van der Waals surface area contributed by atoms with Crippen LogP contribution in [0.3, 0.4) is 0 Å². The highest BCUT2D eigenvalue weighted by Gasteiger charge is 2.18. The van der Waals surface area contributed by atoms with Crippen LogP contribution in [0.2, 0.25) is 0 Å². The zero-order chi connectivity index (χ0) is 34.8. The first-order chi connectivity index (χ1) is 22.9. The van der Waals surface area contributed by atoms with Gasteiger partial charge in [-0.05, 0) is 64.5 Å². The van der Waals surface area contributed by atoms with Gasteiger partial charge in [0.2, 0.25) is 0 Å². The van der Waals surface area contributed by atoms with Crippen LogP contribution in [-0.2, 0) is 19.1 Å². The average Bonchev–Trinajstić information content (AvgIpc) is 3.06. The number of ether oxygens (including phenoxy) is 2. The second kappa shape index (κ2) is 33.6. The highest BCUT2D eigenvalue weighted by molar-refractivity contribution is 8.13. The molecule has 0 aliphatic carbocycles. The molecule has 9 heteroatoms. The van der Waals surface area contributed by atoms with Crippen molar-refractivity contribution in [3.63, 3.8) is 0 Å². The van der Waals surface area contributed by atoms with E-state index in [9.17, 15) is 14.4 Å². The molecule has 47 heavy (non-hydrogen) atoms. The van der Waals surface area contributed by atoms with Gasteiger partial charge in [0, 0.05) is 57.7 Å². The fourth-order valence-electron chi connectivity index (χ4n) is 5.12. The molecule has 0 aliphatic heterocycles. The van der Waals surface area contributed by atoms with Crippen molar-refractivity contribution in [3.05, 3.63) is 24.6 Å². The Bertz CT molecular complexity index is 839. The maximum atomic E-state index is 13.2. The fraction of sp³-hybridized carbons (Fsp3) is 0.789. The van der Waals surface area contributed by atoms with Crippen LogP contribution in [0.4, 0.5) is 4.79 Å². The average molecular weight is 680 g/mol. The molecule has 0 spiro atoms. The molecule has 0 aliphatic rings. The van der Waals surface area contributed by atoms with Gasteiger partial charge in [0.1, 0.15) is 12.7 Å². The van der Waals surface area contributed by atoms with Crippen molar-refractivity contribution in [2.24, 2.45) is 4.99 Å². The van der Waals surface area contributed by atoms with Gasteiger partial charge in [-0.15, -0.1) is 0 Å². The summed E-state index contributed by atoms with van der Waals surface area (Å²) in [6.45, 7) is 12.1. The van der Waals surface area contributed by atoms with Gasteiger partial charge in [-0.25, -0.2) is 0 Å². The first-order valence-corrected chi connectivity index (χ1v) is 19.6. The van der Waals surface area contributed by atoms with Crippen molar-refractivity contribution in [2.45, 2.75) is 155 Å². The molecular formula is C38H69N3O5S. The molecule has 0 radical (unpaired) electrons. The normalized spacial score (nSPS) is 11.4. The number of thioether (sulfide) groups is 1. The molecule has 272 valence electrons. The van der Waals surface area contributed by atoms with Crippen LogP contribution >= 0.6 is 11.8 Å². The fourth-order valence-corrected chi connectivity index (χ4v) is 5.93. The Hall–Kier alpha value is -2.29. The summed E-state index contributed by atoms with van der Waals surface area (Å²) in [4.78, 5) is 45.8. The zero-order valence-electron chi connectivity index (χ0n) is 30.6. The molecule has 1 amide bonds. The van der Waals surface area contributed by atoms with E-state index in [1.165, 1.54) is 69.5 Å². The summed E-state index contributed by atoms with van der Waals surface area (Å²) in [5, 5.41) is -0.0200. The van der Waals surface area contributed by atoms with E-state index in [2.05, 4.69) is 38.6 Å². The third-order valence-electron chi connectivity index (χ3n) is 7.97. The van der Waals surface area contributed by atoms with E-state index < -0.39 is 0 Å². The van der Waals surface area contributed by atoms with Gasteiger partial charge >= 0.3 is 11.9 Å². The number of aliphatic imine (C=N–C) groups is 1. The highest BCUT2D eigenvalue weighted by Crippen LogP contribution is 2.18. The van der Waals surface area contributed by atoms with E-state index in [-0.39, 0.29) is 42.7 Å². The van der Waals surface area contributed by atoms with Crippen molar-refractivity contribution in [3.8, 4) is 0 Å². The zero-order valence-corrected chi connectivity index (χ0v) is 31.4. The lowest BCUT2D eigenvalue weighted by Gasteiger charge is -2.23. The first kappa shape index (κ1) is 44.7. The summed E-state index contributed by atoms with van der Waals surface area (Å²) < 4.78 is 11.3. The molecule has 0 saturated heterocycles. The SMILES string of the molecule is C=N/C=C\N(C)CCCSC(=O)N(CCCC(=O)OC/C=C\CCCCCC)CCCC(=O)OC(CCCCCC)CCCCCC. The third kappa shape index (κ3) is 29.6. The monoisotopic (exact) mass is 679 g/mol. The van der Waals surface area contributed by atoms with Crippen LogP contribution < -0.4 is 0 Å². The molecule has 0 aromatic carbocycles. The molecule has 0 aromatic heterocycles. The van der Waals surface area contributed by atoms with Crippen molar-refractivity contribution >= 4 is 35.7 Å². The van der Waals surface area contributed by atoms with Crippen LogP contribution in [0.1, 0.15) is 149 Å². The summed E-state index contributed by atoms with van der Waals surface area (Å²) in [7, 11) is 1.96. The Morgan fingerprint density at radius 3 is 1.94 bits per heavy atom. The Kier molecular flexibility index (Phi) is 32.0. The molecule has 8 nitrogen and oxygen atoms in total. The maximum absolute atomic E-state index is 13.2. The second-order valence-corrected chi connectivity index (χ2v) is 13.5. The number of unbranched alkanes of at least 4 members (excludes halogenated alkanes) is 10. The number of hydrogen-bond acceptors (Lipinski definition) is 8. The lowest BCUT2D eigenvalue weighted by atomic mass is 10.0. The number of rotatable bonds is 32. The molecule has 0 heterocycles. The van der Waals surface area contributed by atoms with Gasteiger partial charge in [0.25, 0.3) is 5.24 Å². The van der Waals surface area contributed by atoms with Crippen molar-refractivity contribution < 1.29 is 23.9 Å². The number of carbonyl (C=O) groups excluding carboxylic acids is 3. The quantitative estimate of drug-likeness (QED) is 0.0303. The number of carbonyl (C=O) groups is 3. The summed E-state index contributed by atoms with van der Waals surface area (Å²) in [6.07, 6.45) is 27.0. The van der Waals surface area contributed by atoms with E-state index in [0.29, 0.717) is 31.7 Å². The topological polar surface area (TPSA) is 88.5 Å². The molecule has 0 saturated carbocycles. The molecule has 0 fully saturated rings. The van der Waals surface area contributed by atoms with Crippen molar-refractivity contribution in [2.75, 3.05) is 39.0 Å². The van der Waals surface area contributed by atoms with Crippen LogP contribution in [0, 0.1) is 0 Å². The lowest BCUT2D eigenvalue weighted by molar-refractivity contribution is -0.150. The molecule has 0 aromatic rings. The number of allylic oxidation sites excluding steroid dienone is 1. The summed E-state index contributed by atoms with van der Waals surface area (Å²) in [5.74, 6) is 0.258. The third-order valence-corrected chi connectivity index (χ3v) is 8.97. The van der Waals surface area contributed by atoms with Crippen LogP contribution in [0.25, 0.3) is 0 Å². The Morgan fingerprint density at radius 2 is 1.34 bits per heavy atom. The van der Waals surface area contributed by atoms with Crippen LogP contribution in [0.15, 0.2) is 29.5 Å². The van der Waals surface area contributed by atoms with E-state index in [0.717, 1.165) is 51.5 Å². The number of amides is 1. The minimum absolute atomic E-state index is 0.0124. The maximum Gasteiger partial charge on any atom is 0.306 e. The van der Waals surface area contributed by atoms with Gasteiger partial charge in [0.05, 0.1) is 0 Å². The van der Waals surface area contributed by atoms with E-state index in [1.807, 2.05) is 24.2 Å². The van der Waals surface area contributed by atoms with Gasteiger partial charge in [-0.3, -0.25) is 19.4 Å². The first-order valence-electron chi connectivity index (χ1n) is 18.6. The summed E-state index contributed by atoms with van der Waals surface area (Å²) >= 11 is 1.29. The standard InChI is InChI=1S/C38H69N3O5S/c1-6-9-12-15-16-17-20-33-45-36(42)26-21-30-41(38(44)47-34-23-29-40(5)32-28-39-4)31-22-27-37(43)46-35(24-18-13-10-7-2)25-19-14-11-8-3/h17,20,28,32,35H,4,6-16,18-19,21-27,29-31,33-34H2,1-3,5H3/b20-17-,32-28-. The number of nitrogens with zero attached hydrogens (tertiary/aromatic N) is 3. The van der Waals surface area contributed by atoms with Crippen LogP contribution in [-0.4, -0.2) is 78.8 Å². The molecule has 0 unspecified atom stereocenters. The smallest absolute Gasteiger partial charge is 0.306 e. The predicted octanol–water partition coefficient (Wildman–Crippen LogP) is 10.1. The van der Waals surface area contributed by atoms with Gasteiger partial charge in [-0.2, -0.15) is 0 Å². The molecule has 0 rings (SSSR count). The van der Waals surface area contributed by atoms with E-state index in [4.69, 9.17) is 9.47 Å². The minimum atomic E-state index is -0.252. The summed E-state index contributed by atoms with van der Waals surface area (Å²) in [5.41, 5.74) is 0. The summed E-state index contributed by atoms with van der Waals surface area (Å²) in [6, 6.07) is 0. The Labute approximate surface area is 292 Å². The van der Waals surface area contributed by atoms with E-state index >= 15 is 0 Å². The van der Waals surface area contributed by atoms with Gasteiger partial charge < -0.3 is 19.3 Å². The minimum Gasteiger partial charge on any atom is -0.462 e. The Morgan fingerprint density at radius 1 is 0.745 bits per heavy atom.